The van der Waals surface area contributed by atoms with Crippen molar-refractivity contribution in [1.29, 1.82) is 0 Å². The summed E-state index contributed by atoms with van der Waals surface area (Å²) in [5, 5.41) is 2.90. The van der Waals surface area contributed by atoms with Gasteiger partial charge in [-0.25, -0.2) is 4.98 Å². The van der Waals surface area contributed by atoms with Gasteiger partial charge in [0.15, 0.2) is 0 Å². The first-order chi connectivity index (χ1) is 14.1. The van der Waals surface area contributed by atoms with E-state index >= 15 is 0 Å². The van der Waals surface area contributed by atoms with Crippen LogP contribution in [0.15, 0.2) is 42.5 Å². The van der Waals surface area contributed by atoms with Gasteiger partial charge in [0.1, 0.15) is 5.75 Å². The molecular weight excluding hydrogens is 395 g/mol. The molecule has 0 atom stereocenters. The summed E-state index contributed by atoms with van der Waals surface area (Å²) in [6.45, 7) is 4.04. The molecule has 8 heteroatoms. The summed E-state index contributed by atoms with van der Waals surface area (Å²) >= 11 is 0. The van der Waals surface area contributed by atoms with Gasteiger partial charge in [-0.2, -0.15) is 0 Å². The van der Waals surface area contributed by atoms with Gasteiger partial charge in [0.05, 0.1) is 11.0 Å². The van der Waals surface area contributed by atoms with E-state index < -0.39 is 6.36 Å². The van der Waals surface area contributed by atoms with Crippen LogP contribution in [0.25, 0.3) is 16.7 Å². The predicted molar refractivity (Wildman–Crippen MR) is 108 cm³/mol. The van der Waals surface area contributed by atoms with Gasteiger partial charge >= 0.3 is 6.36 Å². The maximum atomic E-state index is 12.6. The van der Waals surface area contributed by atoms with Gasteiger partial charge in [0, 0.05) is 12.1 Å². The Morgan fingerprint density at radius 1 is 1.20 bits per heavy atom. The minimum absolute atomic E-state index is 0.0219. The molecule has 1 heterocycles. The highest BCUT2D eigenvalue weighted by Gasteiger charge is 2.34. The van der Waals surface area contributed by atoms with Crippen LogP contribution in [0.4, 0.5) is 19.1 Å². The Labute approximate surface area is 171 Å². The molecule has 158 valence electrons. The van der Waals surface area contributed by atoms with Crippen molar-refractivity contribution in [2.75, 3.05) is 5.32 Å². The molecule has 3 aromatic rings. The topological polar surface area (TPSA) is 56.2 Å². The van der Waals surface area contributed by atoms with Crippen molar-refractivity contribution in [3.8, 4) is 11.4 Å². The molecule has 1 saturated carbocycles. The van der Waals surface area contributed by atoms with E-state index in [0.717, 1.165) is 30.3 Å². The number of fused-ring (bicyclic) bond motifs is 1. The Morgan fingerprint density at radius 2 is 1.90 bits per heavy atom. The SMILES string of the molecule is Cc1ccc2nc(NC(=O)CC3(C)CCC3)n(-c3ccc(OC(F)(F)F)cc3)c2c1. The van der Waals surface area contributed by atoms with Crippen molar-refractivity contribution >= 4 is 22.9 Å². The fraction of sp³-hybridized carbons (Fsp3) is 0.364. The highest BCUT2D eigenvalue weighted by molar-refractivity contribution is 5.93. The lowest BCUT2D eigenvalue weighted by molar-refractivity contribution is -0.274. The molecule has 1 aliphatic carbocycles. The van der Waals surface area contributed by atoms with E-state index in [4.69, 9.17) is 0 Å². The number of carbonyl (C=O) groups is 1. The minimum atomic E-state index is -4.75. The normalized spacial score (nSPS) is 15.6. The summed E-state index contributed by atoms with van der Waals surface area (Å²) in [7, 11) is 0. The molecule has 1 aliphatic rings. The van der Waals surface area contributed by atoms with Crippen molar-refractivity contribution in [3.63, 3.8) is 0 Å². The van der Waals surface area contributed by atoms with Crippen LogP contribution in [0.2, 0.25) is 0 Å². The van der Waals surface area contributed by atoms with Gasteiger partial charge in [-0.05, 0) is 67.1 Å². The Kier molecular flexibility index (Phi) is 4.95. The summed E-state index contributed by atoms with van der Waals surface area (Å²) < 4.78 is 43.1. The van der Waals surface area contributed by atoms with E-state index in [0.29, 0.717) is 23.6 Å². The van der Waals surface area contributed by atoms with Crippen molar-refractivity contribution < 1.29 is 22.7 Å². The summed E-state index contributed by atoms with van der Waals surface area (Å²) in [4.78, 5) is 17.2. The zero-order valence-corrected chi connectivity index (χ0v) is 16.7. The number of alkyl halides is 3. The molecule has 0 spiro atoms. The summed E-state index contributed by atoms with van der Waals surface area (Å²) in [5.74, 6) is -0.0918. The molecule has 0 bridgehead atoms. The number of rotatable bonds is 5. The Hall–Kier alpha value is -3.03. The van der Waals surface area contributed by atoms with E-state index in [1.165, 1.54) is 24.3 Å². The van der Waals surface area contributed by atoms with Crippen molar-refractivity contribution in [2.45, 2.75) is 45.9 Å². The van der Waals surface area contributed by atoms with E-state index in [1.54, 1.807) is 4.57 Å². The Bertz CT molecular complexity index is 1080. The fourth-order valence-electron chi connectivity index (χ4n) is 3.84. The molecule has 2 aromatic carbocycles. The lowest BCUT2D eigenvalue weighted by atomic mass is 9.68. The largest absolute Gasteiger partial charge is 0.573 e. The first kappa shape index (κ1) is 20.3. The number of carbonyl (C=O) groups excluding carboxylic acids is 1. The second-order valence-electron chi connectivity index (χ2n) is 8.19. The van der Waals surface area contributed by atoms with Gasteiger partial charge in [-0.1, -0.05) is 19.4 Å². The summed E-state index contributed by atoms with van der Waals surface area (Å²) in [5.41, 5.74) is 3.03. The lowest BCUT2D eigenvalue weighted by Gasteiger charge is -2.37. The highest BCUT2D eigenvalue weighted by atomic mass is 19.4. The maximum Gasteiger partial charge on any atom is 0.573 e. The third-order valence-corrected chi connectivity index (χ3v) is 5.54. The number of nitrogens with zero attached hydrogens (tertiary/aromatic N) is 2. The number of imidazole rings is 1. The number of ether oxygens (including phenoxy) is 1. The van der Waals surface area contributed by atoms with Crippen LogP contribution >= 0.6 is 0 Å². The van der Waals surface area contributed by atoms with Crippen LogP contribution in [0.1, 0.15) is 38.2 Å². The third kappa shape index (κ3) is 4.27. The molecule has 5 nitrogen and oxygen atoms in total. The van der Waals surface area contributed by atoms with Crippen LogP contribution in [-0.4, -0.2) is 21.8 Å². The number of aryl methyl sites for hydroxylation is 1. The molecule has 0 aliphatic heterocycles. The van der Waals surface area contributed by atoms with Crippen molar-refractivity contribution in [2.24, 2.45) is 5.41 Å². The molecule has 1 fully saturated rings. The molecule has 1 N–H and O–H groups in total. The standard InChI is InChI=1S/C22H22F3N3O2/c1-14-4-9-17-18(12-14)28(15-5-7-16(8-6-15)30-22(23,24)25)20(26-17)27-19(29)13-21(2)10-3-11-21/h4-9,12H,3,10-11,13H2,1-2H3,(H,26,27,29). The maximum absolute atomic E-state index is 12.6. The molecule has 0 saturated heterocycles. The second-order valence-corrected chi connectivity index (χ2v) is 8.19. The Balaban J connectivity index is 1.69. The second kappa shape index (κ2) is 7.34. The van der Waals surface area contributed by atoms with Crippen molar-refractivity contribution in [1.82, 2.24) is 9.55 Å². The average molecular weight is 417 g/mol. The summed E-state index contributed by atoms with van der Waals surface area (Å²) in [6.07, 6.45) is -1.16. The van der Waals surface area contributed by atoms with E-state index in [1.807, 2.05) is 25.1 Å². The van der Waals surface area contributed by atoms with Gasteiger partial charge < -0.3 is 4.74 Å². The molecule has 0 unspecified atom stereocenters. The third-order valence-electron chi connectivity index (χ3n) is 5.54. The van der Waals surface area contributed by atoms with Crippen LogP contribution in [0.3, 0.4) is 0 Å². The highest BCUT2D eigenvalue weighted by Crippen LogP contribution is 2.43. The monoisotopic (exact) mass is 417 g/mol. The van der Waals surface area contributed by atoms with Gasteiger partial charge in [0.25, 0.3) is 0 Å². The number of anilines is 1. The quantitative estimate of drug-likeness (QED) is 0.575. The number of halogens is 3. The van der Waals surface area contributed by atoms with Gasteiger partial charge in [0.2, 0.25) is 11.9 Å². The van der Waals surface area contributed by atoms with Crippen LogP contribution in [-0.2, 0) is 4.79 Å². The smallest absolute Gasteiger partial charge is 0.406 e. The molecule has 1 aromatic heterocycles. The summed E-state index contributed by atoms with van der Waals surface area (Å²) in [6, 6.07) is 11.2. The number of amides is 1. The first-order valence-electron chi connectivity index (χ1n) is 9.77. The predicted octanol–water partition coefficient (Wildman–Crippen LogP) is 5.75. The number of hydrogen-bond acceptors (Lipinski definition) is 3. The van der Waals surface area contributed by atoms with Crippen LogP contribution in [0, 0.1) is 12.3 Å². The molecule has 0 radical (unpaired) electrons. The zero-order chi connectivity index (χ0) is 21.5. The van der Waals surface area contributed by atoms with E-state index in [2.05, 4.69) is 22.0 Å². The Morgan fingerprint density at radius 3 is 2.50 bits per heavy atom. The van der Waals surface area contributed by atoms with Crippen LogP contribution in [0.5, 0.6) is 5.75 Å². The van der Waals surface area contributed by atoms with Gasteiger partial charge in [-0.15, -0.1) is 13.2 Å². The zero-order valence-electron chi connectivity index (χ0n) is 16.7. The molecule has 4 rings (SSSR count). The molecule has 30 heavy (non-hydrogen) atoms. The average Bonchev–Trinajstić information content (AvgIpc) is 2.96. The lowest BCUT2D eigenvalue weighted by Crippen LogP contribution is -2.31. The van der Waals surface area contributed by atoms with Gasteiger partial charge in [-0.3, -0.25) is 14.7 Å². The number of benzene rings is 2. The van der Waals surface area contributed by atoms with Crippen LogP contribution < -0.4 is 10.1 Å². The van der Waals surface area contributed by atoms with Crippen molar-refractivity contribution in [3.05, 3.63) is 48.0 Å². The van der Waals surface area contributed by atoms with E-state index in [9.17, 15) is 18.0 Å². The fourth-order valence-corrected chi connectivity index (χ4v) is 3.84. The number of nitrogens with one attached hydrogen (secondary N) is 1. The first-order valence-corrected chi connectivity index (χ1v) is 9.77. The molecule has 1 amide bonds. The minimum Gasteiger partial charge on any atom is -0.406 e. The molecular formula is C22H22F3N3O2. The number of hydrogen-bond donors (Lipinski definition) is 1. The van der Waals surface area contributed by atoms with E-state index in [-0.39, 0.29) is 17.1 Å². The number of aromatic nitrogens is 2.